The van der Waals surface area contributed by atoms with Crippen LogP contribution in [0.4, 0.5) is 27.8 Å². The van der Waals surface area contributed by atoms with Gasteiger partial charge in [-0.05, 0) is 12.1 Å². The van der Waals surface area contributed by atoms with E-state index < -0.39 is 23.9 Å². The number of aromatic nitrogens is 1. The fourth-order valence-corrected chi connectivity index (χ4v) is 0.897. The van der Waals surface area contributed by atoms with Crippen molar-refractivity contribution >= 4 is 5.82 Å². The lowest BCUT2D eigenvalue weighted by atomic mass is 10.2. The standard InChI is InChI=1S/C7H5F5N2/c8-6(9)5-3(7(10,11)12)1-2-4(13)14-5/h1-2,6H,(H2,13,14). The number of alkyl halides is 5. The molecule has 0 saturated heterocycles. The van der Waals surface area contributed by atoms with Crippen molar-refractivity contribution in [3.63, 3.8) is 0 Å². The van der Waals surface area contributed by atoms with E-state index in [0.29, 0.717) is 6.07 Å². The molecular weight excluding hydrogens is 207 g/mol. The number of anilines is 1. The highest BCUT2D eigenvalue weighted by molar-refractivity contribution is 5.36. The Labute approximate surface area is 75.5 Å². The highest BCUT2D eigenvalue weighted by Gasteiger charge is 2.36. The summed E-state index contributed by atoms with van der Waals surface area (Å²) in [5.74, 6) is -0.367. The van der Waals surface area contributed by atoms with Crippen molar-refractivity contribution in [2.45, 2.75) is 12.6 Å². The molecule has 0 bridgehead atoms. The number of hydrogen-bond donors (Lipinski definition) is 1. The molecular formula is C7H5F5N2. The Kier molecular flexibility index (Phi) is 2.59. The number of rotatable bonds is 1. The predicted octanol–water partition coefficient (Wildman–Crippen LogP) is 2.62. The van der Waals surface area contributed by atoms with Gasteiger partial charge in [0.05, 0.1) is 5.56 Å². The second kappa shape index (κ2) is 3.39. The number of nitrogen functional groups attached to an aromatic ring is 1. The van der Waals surface area contributed by atoms with Crippen LogP contribution in [-0.2, 0) is 6.18 Å². The van der Waals surface area contributed by atoms with Gasteiger partial charge in [0.15, 0.2) is 0 Å². The van der Waals surface area contributed by atoms with E-state index in [0.717, 1.165) is 6.07 Å². The van der Waals surface area contributed by atoms with Gasteiger partial charge in [0, 0.05) is 0 Å². The smallest absolute Gasteiger partial charge is 0.384 e. The lowest BCUT2D eigenvalue weighted by molar-refractivity contribution is -0.139. The van der Waals surface area contributed by atoms with Crippen molar-refractivity contribution in [3.8, 4) is 0 Å². The Morgan fingerprint density at radius 1 is 1.21 bits per heavy atom. The maximum Gasteiger partial charge on any atom is 0.418 e. The summed E-state index contributed by atoms with van der Waals surface area (Å²) in [6.07, 6.45) is -8.14. The fourth-order valence-electron chi connectivity index (χ4n) is 0.897. The van der Waals surface area contributed by atoms with Gasteiger partial charge in [0.25, 0.3) is 6.43 Å². The Hall–Kier alpha value is -1.40. The molecule has 0 unspecified atom stereocenters. The molecule has 0 aliphatic heterocycles. The second-order valence-electron chi connectivity index (χ2n) is 2.47. The third-order valence-electron chi connectivity index (χ3n) is 1.46. The van der Waals surface area contributed by atoms with Crippen molar-refractivity contribution in [2.75, 3.05) is 5.73 Å². The Morgan fingerprint density at radius 2 is 1.79 bits per heavy atom. The summed E-state index contributed by atoms with van der Waals surface area (Å²) in [5.41, 5.74) is 2.20. The number of nitrogens with zero attached hydrogens (tertiary/aromatic N) is 1. The van der Waals surface area contributed by atoms with Crippen LogP contribution in [0.5, 0.6) is 0 Å². The van der Waals surface area contributed by atoms with Gasteiger partial charge < -0.3 is 5.73 Å². The molecule has 0 radical (unpaired) electrons. The molecule has 2 N–H and O–H groups in total. The zero-order valence-electron chi connectivity index (χ0n) is 6.65. The summed E-state index contributed by atoms with van der Waals surface area (Å²) in [7, 11) is 0. The van der Waals surface area contributed by atoms with E-state index in [-0.39, 0.29) is 5.82 Å². The minimum absolute atomic E-state index is 0.367. The summed E-state index contributed by atoms with van der Waals surface area (Å²) < 4.78 is 60.6. The van der Waals surface area contributed by atoms with Crippen LogP contribution in [-0.4, -0.2) is 4.98 Å². The fraction of sp³-hybridized carbons (Fsp3) is 0.286. The van der Waals surface area contributed by atoms with E-state index >= 15 is 0 Å². The molecule has 0 fully saturated rings. The molecule has 0 aliphatic rings. The Balaban J connectivity index is 3.29. The largest absolute Gasteiger partial charge is 0.418 e. The first kappa shape index (κ1) is 10.7. The van der Waals surface area contributed by atoms with Crippen molar-refractivity contribution < 1.29 is 22.0 Å². The summed E-state index contributed by atoms with van der Waals surface area (Å²) in [5, 5.41) is 0. The summed E-state index contributed by atoms with van der Waals surface area (Å²) in [6, 6.07) is 1.32. The van der Waals surface area contributed by atoms with Gasteiger partial charge in [-0.15, -0.1) is 0 Å². The lowest BCUT2D eigenvalue weighted by Gasteiger charge is -2.11. The van der Waals surface area contributed by atoms with Gasteiger partial charge in [-0.1, -0.05) is 0 Å². The first-order valence-corrected chi connectivity index (χ1v) is 3.44. The van der Waals surface area contributed by atoms with E-state index in [1.54, 1.807) is 0 Å². The van der Waals surface area contributed by atoms with E-state index in [1.165, 1.54) is 0 Å². The van der Waals surface area contributed by atoms with Crippen LogP contribution in [0.2, 0.25) is 0 Å². The minimum Gasteiger partial charge on any atom is -0.384 e. The molecule has 0 saturated carbocycles. The SMILES string of the molecule is Nc1ccc(C(F)(F)F)c(C(F)F)n1. The molecule has 0 atom stereocenters. The van der Waals surface area contributed by atoms with Gasteiger partial charge in [0.2, 0.25) is 0 Å². The third kappa shape index (κ3) is 2.09. The lowest BCUT2D eigenvalue weighted by Crippen LogP contribution is -2.12. The van der Waals surface area contributed by atoms with Gasteiger partial charge in [-0.25, -0.2) is 13.8 Å². The van der Waals surface area contributed by atoms with E-state index in [4.69, 9.17) is 5.73 Å². The topological polar surface area (TPSA) is 38.9 Å². The maximum absolute atomic E-state index is 12.1. The molecule has 14 heavy (non-hydrogen) atoms. The molecule has 0 aromatic carbocycles. The van der Waals surface area contributed by atoms with Gasteiger partial charge >= 0.3 is 6.18 Å². The molecule has 1 aromatic heterocycles. The Bertz CT molecular complexity index is 333. The quantitative estimate of drug-likeness (QED) is 0.726. The van der Waals surface area contributed by atoms with Crippen LogP contribution in [0.25, 0.3) is 0 Å². The van der Waals surface area contributed by atoms with E-state index in [1.807, 2.05) is 0 Å². The molecule has 1 aromatic rings. The van der Waals surface area contributed by atoms with Crippen LogP contribution in [0, 0.1) is 0 Å². The van der Waals surface area contributed by atoms with E-state index in [9.17, 15) is 22.0 Å². The summed E-state index contributed by atoms with van der Waals surface area (Å²) >= 11 is 0. The first-order chi connectivity index (χ1) is 6.32. The highest BCUT2D eigenvalue weighted by atomic mass is 19.4. The van der Waals surface area contributed by atoms with Crippen molar-refractivity contribution in [3.05, 3.63) is 23.4 Å². The van der Waals surface area contributed by atoms with Crippen LogP contribution in [0.3, 0.4) is 0 Å². The number of hydrogen-bond acceptors (Lipinski definition) is 2. The van der Waals surface area contributed by atoms with Crippen molar-refractivity contribution in [1.29, 1.82) is 0 Å². The maximum atomic E-state index is 12.1. The van der Waals surface area contributed by atoms with Gasteiger partial charge in [-0.2, -0.15) is 13.2 Å². The first-order valence-electron chi connectivity index (χ1n) is 3.44. The number of nitrogens with two attached hydrogens (primary N) is 1. The van der Waals surface area contributed by atoms with E-state index in [2.05, 4.69) is 4.98 Å². The van der Waals surface area contributed by atoms with Gasteiger partial charge in [-0.3, -0.25) is 0 Å². The average Bonchev–Trinajstić information content (AvgIpc) is 2.01. The van der Waals surface area contributed by atoms with Crippen LogP contribution in [0.1, 0.15) is 17.7 Å². The molecule has 0 amide bonds. The molecule has 7 heteroatoms. The summed E-state index contributed by atoms with van der Waals surface area (Å²) in [4.78, 5) is 2.95. The Morgan fingerprint density at radius 3 is 2.21 bits per heavy atom. The van der Waals surface area contributed by atoms with Gasteiger partial charge in [0.1, 0.15) is 11.5 Å². The summed E-state index contributed by atoms with van der Waals surface area (Å²) in [6.45, 7) is 0. The third-order valence-corrected chi connectivity index (χ3v) is 1.46. The highest BCUT2D eigenvalue weighted by Crippen LogP contribution is 2.35. The monoisotopic (exact) mass is 212 g/mol. The second-order valence-corrected chi connectivity index (χ2v) is 2.47. The minimum atomic E-state index is -4.84. The zero-order valence-corrected chi connectivity index (χ0v) is 6.65. The molecule has 1 heterocycles. The molecule has 2 nitrogen and oxygen atoms in total. The van der Waals surface area contributed by atoms with Crippen molar-refractivity contribution in [1.82, 2.24) is 4.98 Å². The normalized spacial score (nSPS) is 12.1. The predicted molar refractivity (Wildman–Crippen MR) is 38.6 cm³/mol. The number of halogens is 5. The average molecular weight is 212 g/mol. The van der Waals surface area contributed by atoms with Crippen molar-refractivity contribution in [2.24, 2.45) is 0 Å². The molecule has 0 spiro atoms. The van der Waals surface area contributed by atoms with Crippen LogP contribution >= 0.6 is 0 Å². The molecule has 0 aliphatic carbocycles. The van der Waals surface area contributed by atoms with Crippen LogP contribution < -0.4 is 5.73 Å². The van der Waals surface area contributed by atoms with Crippen LogP contribution in [0.15, 0.2) is 12.1 Å². The molecule has 1 rings (SSSR count). The zero-order chi connectivity index (χ0) is 10.9. The number of pyridine rings is 1. The molecule has 78 valence electrons.